The molecule has 7 heteroatoms. The highest BCUT2D eigenvalue weighted by Gasteiger charge is 2.18. The molecule has 1 amide bonds. The number of fused-ring (bicyclic) bond motifs is 1. The SMILES string of the molecule is CCC(C)(C)NC(=O)COC(=O)COc1ccc2c(C)cc(=O)oc2c1. The van der Waals surface area contributed by atoms with Gasteiger partial charge < -0.3 is 19.2 Å². The fourth-order valence-corrected chi connectivity index (χ4v) is 2.23. The van der Waals surface area contributed by atoms with Crippen LogP contribution >= 0.6 is 0 Å². The summed E-state index contributed by atoms with van der Waals surface area (Å²) in [7, 11) is 0. The summed E-state index contributed by atoms with van der Waals surface area (Å²) in [6, 6.07) is 6.35. The van der Waals surface area contributed by atoms with Crippen molar-refractivity contribution in [1.82, 2.24) is 5.32 Å². The van der Waals surface area contributed by atoms with Crippen molar-refractivity contribution in [3.05, 3.63) is 40.2 Å². The van der Waals surface area contributed by atoms with Crippen LogP contribution in [0.15, 0.2) is 33.5 Å². The Morgan fingerprint density at radius 2 is 1.92 bits per heavy atom. The molecule has 0 fully saturated rings. The van der Waals surface area contributed by atoms with Gasteiger partial charge in [0.1, 0.15) is 11.3 Å². The zero-order valence-corrected chi connectivity index (χ0v) is 15.4. The summed E-state index contributed by atoms with van der Waals surface area (Å²) >= 11 is 0. The first kappa shape index (κ1) is 19.5. The van der Waals surface area contributed by atoms with Crippen molar-refractivity contribution in [3.63, 3.8) is 0 Å². The van der Waals surface area contributed by atoms with Crippen LogP contribution < -0.4 is 15.7 Å². The highest BCUT2D eigenvalue weighted by atomic mass is 16.6. The molecule has 0 aliphatic carbocycles. The normalized spacial score (nSPS) is 11.2. The van der Waals surface area contributed by atoms with Gasteiger partial charge in [-0.1, -0.05) is 6.92 Å². The summed E-state index contributed by atoms with van der Waals surface area (Å²) in [5, 5.41) is 3.55. The minimum atomic E-state index is -0.666. The van der Waals surface area contributed by atoms with E-state index in [1.807, 2.05) is 27.7 Å². The number of carbonyl (C=O) groups is 2. The number of esters is 1. The van der Waals surface area contributed by atoms with Gasteiger partial charge in [0, 0.05) is 23.1 Å². The van der Waals surface area contributed by atoms with E-state index >= 15 is 0 Å². The van der Waals surface area contributed by atoms with E-state index in [2.05, 4.69) is 5.32 Å². The van der Waals surface area contributed by atoms with Gasteiger partial charge in [-0.05, 0) is 44.9 Å². The van der Waals surface area contributed by atoms with Crippen molar-refractivity contribution in [3.8, 4) is 5.75 Å². The first-order valence-corrected chi connectivity index (χ1v) is 8.34. The van der Waals surface area contributed by atoms with Crippen LogP contribution in [0.5, 0.6) is 5.75 Å². The van der Waals surface area contributed by atoms with Gasteiger partial charge in [0.25, 0.3) is 5.91 Å². The summed E-state index contributed by atoms with van der Waals surface area (Å²) < 4.78 is 15.4. The maximum atomic E-state index is 11.7. The van der Waals surface area contributed by atoms with E-state index < -0.39 is 11.6 Å². The molecular weight excluding hydrogens is 338 g/mol. The lowest BCUT2D eigenvalue weighted by Gasteiger charge is -2.24. The Kier molecular flexibility index (Phi) is 6.02. The first-order chi connectivity index (χ1) is 12.2. The van der Waals surface area contributed by atoms with Crippen LogP contribution in [0.2, 0.25) is 0 Å². The Labute approximate surface area is 151 Å². The van der Waals surface area contributed by atoms with E-state index in [0.29, 0.717) is 11.3 Å². The van der Waals surface area contributed by atoms with E-state index in [1.54, 1.807) is 12.1 Å². The summed E-state index contributed by atoms with van der Waals surface area (Å²) in [5.41, 5.74) is 0.366. The second-order valence-electron chi connectivity index (χ2n) is 6.64. The van der Waals surface area contributed by atoms with Crippen LogP contribution in [0.25, 0.3) is 11.0 Å². The van der Waals surface area contributed by atoms with Crippen molar-refractivity contribution in [1.29, 1.82) is 0 Å². The summed E-state index contributed by atoms with van der Waals surface area (Å²) in [4.78, 5) is 34.9. The Bertz CT molecular complexity index is 868. The van der Waals surface area contributed by atoms with Gasteiger partial charge in [-0.2, -0.15) is 0 Å². The fraction of sp³-hybridized carbons (Fsp3) is 0.421. The minimum absolute atomic E-state index is 0.354. The molecule has 7 nitrogen and oxygen atoms in total. The third kappa shape index (κ3) is 5.34. The highest BCUT2D eigenvalue weighted by Crippen LogP contribution is 2.22. The molecule has 1 N–H and O–H groups in total. The quantitative estimate of drug-likeness (QED) is 0.601. The Hall–Kier alpha value is -2.83. The van der Waals surface area contributed by atoms with Crippen molar-refractivity contribution in [2.75, 3.05) is 13.2 Å². The molecule has 0 radical (unpaired) electrons. The predicted octanol–water partition coefficient (Wildman–Crippen LogP) is 2.33. The number of hydrogen-bond acceptors (Lipinski definition) is 6. The summed E-state index contributed by atoms with van der Waals surface area (Å²) in [6.07, 6.45) is 0.757. The van der Waals surface area contributed by atoms with E-state index in [1.165, 1.54) is 12.1 Å². The van der Waals surface area contributed by atoms with Crippen molar-refractivity contribution in [2.24, 2.45) is 0 Å². The van der Waals surface area contributed by atoms with Gasteiger partial charge in [0.15, 0.2) is 13.2 Å². The van der Waals surface area contributed by atoms with E-state index in [0.717, 1.165) is 17.4 Å². The maximum absolute atomic E-state index is 11.7. The summed E-state index contributed by atoms with van der Waals surface area (Å²) in [5.74, 6) is -0.673. The minimum Gasteiger partial charge on any atom is -0.482 e. The highest BCUT2D eigenvalue weighted by molar-refractivity contribution is 5.82. The van der Waals surface area contributed by atoms with Crippen molar-refractivity contribution < 1.29 is 23.5 Å². The molecule has 0 aliphatic heterocycles. The number of rotatable bonds is 7. The average Bonchev–Trinajstić information content (AvgIpc) is 2.57. The number of aryl methyl sites for hydroxylation is 1. The Morgan fingerprint density at radius 3 is 2.62 bits per heavy atom. The van der Waals surface area contributed by atoms with Crippen LogP contribution in [0.4, 0.5) is 0 Å². The van der Waals surface area contributed by atoms with Gasteiger partial charge in [-0.15, -0.1) is 0 Å². The van der Waals surface area contributed by atoms with E-state index in [4.69, 9.17) is 13.9 Å². The molecule has 2 rings (SSSR count). The second-order valence-corrected chi connectivity index (χ2v) is 6.64. The standard InChI is InChI=1S/C19H23NO6/c1-5-19(3,4)20-16(21)10-25-18(23)11-24-13-6-7-14-12(2)8-17(22)26-15(14)9-13/h6-9H,5,10-11H2,1-4H3,(H,20,21). The molecule has 0 aliphatic rings. The number of benzene rings is 1. The van der Waals surface area contributed by atoms with Gasteiger partial charge >= 0.3 is 11.6 Å². The van der Waals surface area contributed by atoms with Gasteiger partial charge in [-0.3, -0.25) is 4.79 Å². The van der Waals surface area contributed by atoms with Gasteiger partial charge in [0.2, 0.25) is 0 Å². The third-order valence-corrected chi connectivity index (χ3v) is 4.01. The zero-order valence-electron chi connectivity index (χ0n) is 15.4. The zero-order chi connectivity index (χ0) is 19.3. The van der Waals surface area contributed by atoms with Crippen LogP contribution in [0.1, 0.15) is 32.8 Å². The molecule has 0 bridgehead atoms. The molecule has 0 atom stereocenters. The Morgan fingerprint density at radius 1 is 1.19 bits per heavy atom. The van der Waals surface area contributed by atoms with Crippen LogP contribution in [0, 0.1) is 6.92 Å². The van der Waals surface area contributed by atoms with E-state index in [9.17, 15) is 14.4 Å². The lowest BCUT2D eigenvalue weighted by molar-refractivity contribution is -0.150. The molecule has 2 aromatic rings. The topological polar surface area (TPSA) is 94.8 Å². The van der Waals surface area contributed by atoms with Gasteiger partial charge in [-0.25, -0.2) is 9.59 Å². The fourth-order valence-electron chi connectivity index (χ4n) is 2.23. The first-order valence-electron chi connectivity index (χ1n) is 8.34. The van der Waals surface area contributed by atoms with Crippen LogP contribution in [-0.4, -0.2) is 30.6 Å². The van der Waals surface area contributed by atoms with E-state index in [-0.39, 0.29) is 24.7 Å². The molecule has 0 spiro atoms. The van der Waals surface area contributed by atoms with Gasteiger partial charge in [0.05, 0.1) is 0 Å². The molecule has 0 unspecified atom stereocenters. The number of carbonyl (C=O) groups excluding carboxylic acids is 2. The third-order valence-electron chi connectivity index (χ3n) is 4.01. The summed E-state index contributed by atoms with van der Waals surface area (Å²) in [6.45, 7) is 6.81. The molecular formula is C19H23NO6. The molecule has 1 aromatic carbocycles. The molecule has 26 heavy (non-hydrogen) atoms. The average molecular weight is 361 g/mol. The number of hydrogen-bond donors (Lipinski definition) is 1. The lowest BCUT2D eigenvalue weighted by Crippen LogP contribution is -2.44. The number of ether oxygens (including phenoxy) is 2. The van der Waals surface area contributed by atoms with Crippen molar-refractivity contribution in [2.45, 2.75) is 39.7 Å². The number of amides is 1. The molecule has 140 valence electrons. The molecule has 0 saturated heterocycles. The second kappa shape index (κ2) is 8.03. The monoisotopic (exact) mass is 361 g/mol. The number of nitrogens with one attached hydrogen (secondary N) is 1. The van der Waals surface area contributed by atoms with Crippen LogP contribution in [-0.2, 0) is 14.3 Å². The van der Waals surface area contributed by atoms with Crippen molar-refractivity contribution >= 4 is 22.8 Å². The predicted molar refractivity (Wildman–Crippen MR) is 96.2 cm³/mol. The Balaban J connectivity index is 1.88. The largest absolute Gasteiger partial charge is 0.482 e. The lowest BCUT2D eigenvalue weighted by atomic mass is 10.0. The molecule has 0 saturated carbocycles. The molecule has 1 aromatic heterocycles. The van der Waals surface area contributed by atoms with Crippen LogP contribution in [0.3, 0.4) is 0 Å². The smallest absolute Gasteiger partial charge is 0.344 e. The maximum Gasteiger partial charge on any atom is 0.344 e. The molecule has 1 heterocycles.